The van der Waals surface area contributed by atoms with Gasteiger partial charge < -0.3 is 9.42 Å². The first-order valence-corrected chi connectivity index (χ1v) is 11.0. The van der Waals surface area contributed by atoms with Gasteiger partial charge in [-0.1, -0.05) is 53.2 Å². The second-order valence-electron chi connectivity index (χ2n) is 7.96. The molecule has 0 unspecified atom stereocenters. The van der Waals surface area contributed by atoms with Crippen LogP contribution < -0.4 is 0 Å². The number of aryl methyl sites for hydroxylation is 1. The predicted molar refractivity (Wildman–Crippen MR) is 127 cm³/mol. The molecule has 0 N–H and O–H groups in total. The van der Waals surface area contributed by atoms with E-state index >= 15 is 0 Å². The third-order valence-corrected chi connectivity index (χ3v) is 5.50. The minimum atomic E-state index is -0.458. The van der Waals surface area contributed by atoms with Crippen molar-refractivity contribution < 1.29 is 14.2 Å². The van der Waals surface area contributed by atoms with Crippen molar-refractivity contribution in [2.24, 2.45) is 0 Å². The molecule has 34 heavy (non-hydrogen) atoms. The average Bonchev–Trinajstić information content (AvgIpc) is 3.34. The van der Waals surface area contributed by atoms with Gasteiger partial charge in [0.2, 0.25) is 11.7 Å². The number of hydrogen-bond donors (Lipinski definition) is 0. The molecule has 4 rings (SSSR count). The van der Waals surface area contributed by atoms with Crippen LogP contribution in [-0.4, -0.2) is 39.0 Å². The molecule has 0 radical (unpaired) electrons. The Morgan fingerprint density at radius 3 is 2.29 bits per heavy atom. The van der Waals surface area contributed by atoms with E-state index in [4.69, 9.17) is 4.52 Å². The fourth-order valence-corrected chi connectivity index (χ4v) is 3.54. The molecule has 8 heteroatoms. The Morgan fingerprint density at radius 2 is 1.62 bits per heavy atom. The highest BCUT2D eigenvalue weighted by atomic mass is 16.6. The quantitative estimate of drug-likeness (QED) is 0.263. The summed E-state index contributed by atoms with van der Waals surface area (Å²) >= 11 is 0. The van der Waals surface area contributed by atoms with Crippen LogP contribution in [0.5, 0.6) is 0 Å². The molecule has 0 spiro atoms. The average molecular weight is 457 g/mol. The molecule has 0 bridgehead atoms. The fraction of sp³-hybridized carbons (Fsp3) is 0.192. The highest BCUT2D eigenvalue weighted by Gasteiger charge is 2.18. The van der Waals surface area contributed by atoms with Crippen LogP contribution in [0.4, 0.5) is 5.69 Å². The number of nitrogens with zero attached hydrogens (tertiary/aromatic N) is 4. The summed E-state index contributed by atoms with van der Waals surface area (Å²) in [5.74, 6) is 0.700. The van der Waals surface area contributed by atoms with Crippen molar-refractivity contribution in [3.05, 3.63) is 112 Å². The summed E-state index contributed by atoms with van der Waals surface area (Å²) in [5, 5.41) is 14.8. The zero-order valence-corrected chi connectivity index (χ0v) is 18.8. The summed E-state index contributed by atoms with van der Waals surface area (Å²) in [7, 11) is 0. The maximum Gasteiger partial charge on any atom is 0.269 e. The Balaban J connectivity index is 1.46. The maximum atomic E-state index is 13.2. The Bertz CT molecular complexity index is 1250. The van der Waals surface area contributed by atoms with E-state index in [2.05, 4.69) is 10.1 Å². The van der Waals surface area contributed by atoms with Gasteiger partial charge in [-0.3, -0.25) is 14.9 Å². The van der Waals surface area contributed by atoms with Crippen LogP contribution in [0.2, 0.25) is 0 Å². The molecule has 0 aliphatic heterocycles. The lowest BCUT2D eigenvalue weighted by Gasteiger charge is -2.22. The van der Waals surface area contributed by atoms with E-state index < -0.39 is 4.92 Å². The molecule has 0 fully saturated rings. The first-order valence-electron chi connectivity index (χ1n) is 11.0. The summed E-state index contributed by atoms with van der Waals surface area (Å²) in [6, 6.07) is 23.5. The van der Waals surface area contributed by atoms with Crippen LogP contribution in [0.25, 0.3) is 11.4 Å². The van der Waals surface area contributed by atoms with E-state index in [1.54, 1.807) is 17.0 Å². The zero-order valence-electron chi connectivity index (χ0n) is 18.8. The van der Waals surface area contributed by atoms with Gasteiger partial charge in [0.1, 0.15) is 0 Å². The van der Waals surface area contributed by atoms with Gasteiger partial charge in [0, 0.05) is 42.8 Å². The summed E-state index contributed by atoms with van der Waals surface area (Å²) < 4.78 is 5.38. The molecule has 4 aromatic rings. The lowest BCUT2D eigenvalue weighted by atomic mass is 10.1. The highest BCUT2D eigenvalue weighted by Crippen LogP contribution is 2.20. The van der Waals surface area contributed by atoms with Crippen molar-refractivity contribution in [2.75, 3.05) is 13.1 Å². The van der Waals surface area contributed by atoms with Gasteiger partial charge in [-0.2, -0.15) is 4.98 Å². The number of carbonyl (C=O) groups is 1. The van der Waals surface area contributed by atoms with Crippen molar-refractivity contribution >= 4 is 11.6 Å². The molecule has 0 atom stereocenters. The molecule has 0 saturated heterocycles. The van der Waals surface area contributed by atoms with Gasteiger partial charge in [-0.05, 0) is 43.2 Å². The number of hydrogen-bond acceptors (Lipinski definition) is 6. The number of rotatable bonds is 9. The second kappa shape index (κ2) is 10.5. The number of benzene rings is 3. The second-order valence-corrected chi connectivity index (χ2v) is 7.96. The van der Waals surface area contributed by atoms with Crippen LogP contribution >= 0.6 is 0 Å². The topological polar surface area (TPSA) is 102 Å². The van der Waals surface area contributed by atoms with Gasteiger partial charge in [0.15, 0.2) is 0 Å². The van der Waals surface area contributed by atoms with Crippen molar-refractivity contribution in [2.45, 2.75) is 19.8 Å². The Labute approximate surface area is 197 Å². The molecule has 0 aliphatic carbocycles. The Hall–Kier alpha value is -4.33. The third-order valence-electron chi connectivity index (χ3n) is 5.50. The molecule has 3 aromatic carbocycles. The number of aromatic nitrogens is 2. The van der Waals surface area contributed by atoms with Crippen LogP contribution in [0.1, 0.15) is 27.4 Å². The standard InChI is InChI=1S/C26H24N4O4/c1-19-7-9-22(10-8-19)26(31)29(17-15-20-5-3-2-4-6-20)18-16-24-27-25(28-34-24)21-11-13-23(14-12-21)30(32)33/h2-14H,15-18H2,1H3. The molecule has 0 aliphatic rings. The highest BCUT2D eigenvalue weighted by molar-refractivity contribution is 5.94. The lowest BCUT2D eigenvalue weighted by molar-refractivity contribution is -0.384. The van der Waals surface area contributed by atoms with Gasteiger partial charge in [0.05, 0.1) is 4.92 Å². The number of carbonyl (C=O) groups excluding carboxylic acids is 1. The molecular formula is C26H24N4O4. The zero-order chi connectivity index (χ0) is 23.9. The van der Waals surface area contributed by atoms with E-state index in [9.17, 15) is 14.9 Å². The summed E-state index contributed by atoms with van der Waals surface area (Å²) in [6.07, 6.45) is 1.13. The van der Waals surface area contributed by atoms with E-state index in [0.29, 0.717) is 42.4 Å². The molecule has 172 valence electrons. The van der Waals surface area contributed by atoms with Crippen molar-refractivity contribution in [3.8, 4) is 11.4 Å². The number of non-ortho nitro benzene ring substituents is 1. The predicted octanol–water partition coefficient (Wildman–Crippen LogP) is 4.88. The van der Waals surface area contributed by atoms with E-state index in [0.717, 1.165) is 17.5 Å². The molecule has 1 aromatic heterocycles. The monoisotopic (exact) mass is 456 g/mol. The van der Waals surface area contributed by atoms with Crippen molar-refractivity contribution in [1.82, 2.24) is 15.0 Å². The molecule has 1 amide bonds. The first kappa shape index (κ1) is 22.8. The van der Waals surface area contributed by atoms with Crippen LogP contribution in [0.15, 0.2) is 83.4 Å². The van der Waals surface area contributed by atoms with Crippen LogP contribution in [0, 0.1) is 17.0 Å². The number of nitro benzene ring substituents is 1. The van der Waals surface area contributed by atoms with E-state index in [1.807, 2.05) is 61.5 Å². The van der Waals surface area contributed by atoms with Crippen molar-refractivity contribution in [3.63, 3.8) is 0 Å². The maximum absolute atomic E-state index is 13.2. The van der Waals surface area contributed by atoms with Gasteiger partial charge in [0.25, 0.3) is 11.6 Å². The minimum Gasteiger partial charge on any atom is -0.339 e. The van der Waals surface area contributed by atoms with Gasteiger partial charge in [-0.15, -0.1) is 0 Å². The minimum absolute atomic E-state index is 0.00357. The normalized spacial score (nSPS) is 10.7. The number of amides is 1. The number of nitro groups is 1. The van der Waals surface area contributed by atoms with E-state index in [1.165, 1.54) is 12.1 Å². The Morgan fingerprint density at radius 1 is 0.941 bits per heavy atom. The fourth-order valence-electron chi connectivity index (χ4n) is 3.54. The summed E-state index contributed by atoms with van der Waals surface area (Å²) in [4.78, 5) is 29.8. The SMILES string of the molecule is Cc1ccc(C(=O)N(CCc2ccccc2)CCc2nc(-c3ccc([N+](=O)[O-])cc3)no2)cc1. The van der Waals surface area contributed by atoms with Crippen molar-refractivity contribution in [1.29, 1.82) is 0 Å². The lowest BCUT2D eigenvalue weighted by Crippen LogP contribution is -2.34. The molecule has 1 heterocycles. The Kier molecular flexibility index (Phi) is 7.07. The smallest absolute Gasteiger partial charge is 0.269 e. The van der Waals surface area contributed by atoms with Gasteiger partial charge >= 0.3 is 0 Å². The summed E-state index contributed by atoms with van der Waals surface area (Å²) in [6.45, 7) is 2.96. The molecule has 0 saturated carbocycles. The summed E-state index contributed by atoms with van der Waals surface area (Å²) in [5.41, 5.74) is 3.50. The van der Waals surface area contributed by atoms with Crippen LogP contribution in [0.3, 0.4) is 0 Å². The van der Waals surface area contributed by atoms with E-state index in [-0.39, 0.29) is 11.6 Å². The molecular weight excluding hydrogens is 432 g/mol. The van der Waals surface area contributed by atoms with Crippen LogP contribution in [-0.2, 0) is 12.8 Å². The largest absolute Gasteiger partial charge is 0.339 e. The third kappa shape index (κ3) is 5.72. The first-order chi connectivity index (χ1) is 16.5. The van der Waals surface area contributed by atoms with Gasteiger partial charge in [-0.25, -0.2) is 0 Å². The molecule has 8 nitrogen and oxygen atoms in total.